The molecule has 0 amide bonds. The minimum absolute atomic E-state index is 0.00108. The molecule has 0 saturated heterocycles. The Morgan fingerprint density at radius 1 is 0.952 bits per heavy atom. The van der Waals surface area contributed by atoms with Gasteiger partial charge in [0.25, 0.3) is 0 Å². The lowest BCUT2D eigenvalue weighted by Crippen LogP contribution is -2.32. The largest absolute Gasteiger partial charge is 0.491 e. The monoisotopic (exact) mass is 605 g/mol. The molecule has 3 unspecified atom stereocenters. The van der Waals surface area contributed by atoms with Gasteiger partial charge in [0.15, 0.2) is 0 Å². The molecular formula is C35H47N3O2S2. The van der Waals surface area contributed by atoms with Gasteiger partial charge in [0.05, 0.1) is 45.9 Å². The Hall–Kier alpha value is -2.56. The second-order valence-corrected chi connectivity index (χ2v) is 16.3. The van der Waals surface area contributed by atoms with Gasteiger partial charge in [0, 0.05) is 26.6 Å². The van der Waals surface area contributed by atoms with Gasteiger partial charge in [-0.2, -0.15) is 5.26 Å². The second-order valence-electron chi connectivity index (χ2n) is 14.0. The van der Waals surface area contributed by atoms with Crippen LogP contribution in [0.4, 0.5) is 0 Å². The highest BCUT2D eigenvalue weighted by Gasteiger charge is 2.40. The van der Waals surface area contributed by atoms with E-state index in [-0.39, 0.29) is 22.1 Å². The summed E-state index contributed by atoms with van der Waals surface area (Å²) in [6.07, 6.45) is 4.62. The average Bonchev–Trinajstić information content (AvgIpc) is 3.56. The predicted octanol–water partition coefficient (Wildman–Crippen LogP) is 9.91. The van der Waals surface area contributed by atoms with Crippen LogP contribution in [-0.2, 0) is 11.8 Å². The lowest BCUT2D eigenvalue weighted by Gasteiger charge is -2.30. The summed E-state index contributed by atoms with van der Waals surface area (Å²) in [5.74, 6) is 2.71. The molecule has 7 heteroatoms. The molecule has 42 heavy (non-hydrogen) atoms. The Morgan fingerprint density at radius 3 is 2.07 bits per heavy atom. The summed E-state index contributed by atoms with van der Waals surface area (Å²) in [6, 6.07) is 4.63. The van der Waals surface area contributed by atoms with Gasteiger partial charge in [0.1, 0.15) is 11.5 Å². The number of thiophene rings is 1. The van der Waals surface area contributed by atoms with Gasteiger partial charge in [-0.25, -0.2) is 0 Å². The van der Waals surface area contributed by atoms with E-state index in [2.05, 4.69) is 60.6 Å². The summed E-state index contributed by atoms with van der Waals surface area (Å²) in [5, 5.41) is 29.0. The van der Waals surface area contributed by atoms with Gasteiger partial charge in [0.2, 0.25) is 0 Å². The van der Waals surface area contributed by atoms with Crippen molar-refractivity contribution in [3.05, 3.63) is 39.3 Å². The van der Waals surface area contributed by atoms with Crippen LogP contribution in [0, 0.1) is 39.4 Å². The fourth-order valence-corrected chi connectivity index (χ4v) is 7.94. The van der Waals surface area contributed by atoms with Crippen molar-refractivity contribution in [2.75, 3.05) is 13.2 Å². The van der Waals surface area contributed by atoms with E-state index in [4.69, 9.17) is 20.3 Å². The number of nitrogens with one attached hydrogen (secondary N) is 2. The van der Waals surface area contributed by atoms with E-state index in [1.165, 1.54) is 4.88 Å². The highest BCUT2D eigenvalue weighted by molar-refractivity contribution is 8.00. The van der Waals surface area contributed by atoms with Crippen molar-refractivity contribution < 1.29 is 9.47 Å². The molecule has 226 valence electrons. The van der Waals surface area contributed by atoms with E-state index < -0.39 is 5.41 Å². The summed E-state index contributed by atoms with van der Waals surface area (Å²) in [4.78, 5) is 2.38. The van der Waals surface area contributed by atoms with Gasteiger partial charge in [-0.1, -0.05) is 82.1 Å². The first kappa shape index (κ1) is 32.4. The Kier molecular flexibility index (Phi) is 9.40. The van der Waals surface area contributed by atoms with E-state index in [1.807, 2.05) is 26.8 Å². The van der Waals surface area contributed by atoms with Crippen molar-refractivity contribution in [3.8, 4) is 17.6 Å². The van der Waals surface area contributed by atoms with Crippen molar-refractivity contribution in [2.45, 2.75) is 104 Å². The first-order valence-electron chi connectivity index (χ1n) is 15.2. The third kappa shape index (κ3) is 6.21. The molecule has 0 fully saturated rings. The summed E-state index contributed by atoms with van der Waals surface area (Å²) < 4.78 is 14.5. The van der Waals surface area contributed by atoms with Crippen LogP contribution >= 0.6 is 23.1 Å². The number of ether oxygens (including phenoxy) is 2. The van der Waals surface area contributed by atoms with Crippen LogP contribution in [0.2, 0.25) is 0 Å². The van der Waals surface area contributed by atoms with E-state index in [0.29, 0.717) is 42.6 Å². The third-order valence-electron chi connectivity index (χ3n) is 8.32. The number of fused-ring (bicyclic) bond motifs is 2. The van der Waals surface area contributed by atoms with Crippen LogP contribution in [0.1, 0.15) is 92.5 Å². The van der Waals surface area contributed by atoms with Gasteiger partial charge in [-0.05, 0) is 46.8 Å². The van der Waals surface area contributed by atoms with E-state index in [9.17, 15) is 5.26 Å². The molecule has 0 radical (unpaired) electrons. The standard InChI is InChI=1S/C35H47N3O2S2/c1-11-19(3)17-39-30-23-14-25(22-13-21(16-36)27(35(8,9)10)29(38)28(22)37)41-32(23)31(40-18-20(4)12-2)24-15-26(34(5,6)7)42-33(24)30/h13,15,19-20,25,37-38H,11-12,14,17-18H2,1-10H3. The zero-order chi connectivity index (χ0) is 31.1. The topological polar surface area (TPSA) is 89.9 Å². The molecule has 1 aromatic carbocycles. The fraction of sp³-hybridized carbons (Fsp3) is 0.571. The van der Waals surface area contributed by atoms with Gasteiger partial charge in [-0.15, -0.1) is 23.1 Å². The molecule has 2 heterocycles. The minimum Gasteiger partial charge on any atom is -0.491 e. The number of nitriles is 1. The zero-order valence-corrected chi connectivity index (χ0v) is 28.6. The Morgan fingerprint density at radius 2 is 1.55 bits per heavy atom. The van der Waals surface area contributed by atoms with E-state index >= 15 is 0 Å². The van der Waals surface area contributed by atoms with Crippen LogP contribution in [0.5, 0.6) is 11.5 Å². The predicted molar refractivity (Wildman–Crippen MR) is 179 cm³/mol. The highest BCUT2D eigenvalue weighted by Crippen LogP contribution is 2.56. The van der Waals surface area contributed by atoms with Crippen molar-refractivity contribution in [1.29, 1.82) is 16.1 Å². The Balaban J connectivity index is 1.90. The molecule has 1 aliphatic carbocycles. The molecule has 0 bridgehead atoms. The molecule has 5 nitrogen and oxygen atoms in total. The van der Waals surface area contributed by atoms with Crippen LogP contribution in [0.25, 0.3) is 10.1 Å². The fourth-order valence-electron chi connectivity index (χ4n) is 5.26. The number of allylic oxidation sites excluding steroid dienone is 3. The molecule has 3 atom stereocenters. The number of rotatable bonds is 9. The van der Waals surface area contributed by atoms with Crippen molar-refractivity contribution in [2.24, 2.45) is 17.3 Å². The maximum absolute atomic E-state index is 10.1. The summed E-state index contributed by atoms with van der Waals surface area (Å²) >= 11 is 3.50. The Labute approximate surface area is 260 Å². The first-order chi connectivity index (χ1) is 19.6. The summed E-state index contributed by atoms with van der Waals surface area (Å²) in [6.45, 7) is 22.8. The quantitative estimate of drug-likeness (QED) is 0.278. The molecule has 1 aliphatic heterocycles. The summed E-state index contributed by atoms with van der Waals surface area (Å²) in [7, 11) is 0. The minimum atomic E-state index is -0.397. The number of hydrogen-bond acceptors (Lipinski definition) is 7. The zero-order valence-electron chi connectivity index (χ0n) is 27.0. The highest BCUT2D eigenvalue weighted by atomic mass is 32.2. The van der Waals surface area contributed by atoms with E-state index in [1.54, 1.807) is 23.1 Å². The molecule has 2 aromatic rings. The van der Waals surface area contributed by atoms with Crippen molar-refractivity contribution in [1.82, 2.24) is 0 Å². The van der Waals surface area contributed by atoms with Gasteiger partial charge in [-0.3, -0.25) is 10.8 Å². The van der Waals surface area contributed by atoms with Crippen LogP contribution in [0.15, 0.2) is 33.8 Å². The molecule has 2 N–H and O–H groups in total. The van der Waals surface area contributed by atoms with Crippen LogP contribution < -0.4 is 9.47 Å². The molecular weight excluding hydrogens is 559 g/mol. The van der Waals surface area contributed by atoms with Crippen LogP contribution in [-0.4, -0.2) is 29.9 Å². The molecule has 1 aromatic heterocycles. The molecule has 0 saturated carbocycles. The molecule has 0 spiro atoms. The Bertz CT molecular complexity index is 1450. The number of nitrogens with zero attached hydrogens (tertiary/aromatic N) is 1. The number of hydrogen-bond donors (Lipinski definition) is 2. The maximum atomic E-state index is 10.1. The normalized spacial score (nSPS) is 19.1. The molecule has 4 rings (SSSR count). The SMILES string of the molecule is CCC(C)COc1c2c(c(OCC(C)CC)c3sc(C(C)(C)C)cc13)CC(C1=CC(C#N)=C(C(C)(C)C)C(=N)C1=N)S2. The van der Waals surface area contributed by atoms with Gasteiger partial charge < -0.3 is 9.47 Å². The smallest absolute Gasteiger partial charge is 0.142 e. The lowest BCUT2D eigenvalue weighted by molar-refractivity contribution is 0.248. The lowest BCUT2D eigenvalue weighted by atomic mass is 9.74. The van der Waals surface area contributed by atoms with Crippen molar-refractivity contribution in [3.63, 3.8) is 0 Å². The average molecular weight is 606 g/mol. The molecule has 2 aliphatic rings. The van der Waals surface area contributed by atoms with Gasteiger partial charge >= 0.3 is 0 Å². The maximum Gasteiger partial charge on any atom is 0.142 e. The number of benzene rings is 1. The van der Waals surface area contributed by atoms with Crippen molar-refractivity contribution >= 4 is 44.6 Å². The van der Waals surface area contributed by atoms with Crippen LogP contribution in [0.3, 0.4) is 0 Å². The van der Waals surface area contributed by atoms with E-state index in [0.717, 1.165) is 50.5 Å². The number of thioether (sulfide) groups is 1. The third-order valence-corrected chi connectivity index (χ3v) is 11.3. The first-order valence-corrected chi connectivity index (χ1v) is 16.9. The summed E-state index contributed by atoms with van der Waals surface area (Å²) in [5.41, 5.74) is 2.98. The second kappa shape index (κ2) is 12.2.